The maximum absolute atomic E-state index is 12.9. The first kappa shape index (κ1) is 26.9. The molecule has 0 bridgehead atoms. The quantitative estimate of drug-likeness (QED) is 0.212. The third kappa shape index (κ3) is 6.87. The minimum atomic E-state index is -0.250. The summed E-state index contributed by atoms with van der Waals surface area (Å²) in [6, 6.07) is 10.5. The highest BCUT2D eigenvalue weighted by Crippen LogP contribution is 2.31. The van der Waals surface area contributed by atoms with Crippen molar-refractivity contribution in [3.05, 3.63) is 64.5 Å². The van der Waals surface area contributed by atoms with Gasteiger partial charge in [0.2, 0.25) is 0 Å². The molecule has 204 valence electrons. The molecule has 39 heavy (non-hydrogen) atoms. The van der Waals surface area contributed by atoms with Crippen molar-refractivity contribution in [1.29, 1.82) is 0 Å². The van der Waals surface area contributed by atoms with Crippen LogP contribution in [0.5, 0.6) is 0 Å². The van der Waals surface area contributed by atoms with Crippen molar-refractivity contribution >= 4 is 51.9 Å². The van der Waals surface area contributed by atoms with E-state index >= 15 is 0 Å². The zero-order chi connectivity index (χ0) is 27.2. The highest BCUT2D eigenvalue weighted by atomic mass is 35.5. The Morgan fingerprint density at radius 3 is 2.64 bits per heavy atom. The van der Waals surface area contributed by atoms with E-state index in [9.17, 15) is 4.79 Å². The second-order valence-corrected chi connectivity index (χ2v) is 9.84. The van der Waals surface area contributed by atoms with Crippen molar-refractivity contribution < 1.29 is 9.53 Å². The number of nitrogens with zero attached hydrogens (tertiary/aromatic N) is 5. The molecule has 5 N–H and O–H groups in total. The number of rotatable bonds is 10. The molecule has 1 saturated heterocycles. The lowest BCUT2D eigenvalue weighted by Crippen LogP contribution is -2.41. The number of carbonyl (C=O) groups excluding carboxylic acids is 1. The zero-order valence-corrected chi connectivity index (χ0v) is 22.7. The minimum absolute atomic E-state index is 0.250. The third-order valence-electron chi connectivity index (χ3n) is 6.22. The number of nitrogens with one attached hydrogen (secondary N) is 3. The molecule has 0 saturated carbocycles. The number of hydrogen-bond acceptors (Lipinski definition) is 9. The van der Waals surface area contributed by atoms with Crippen molar-refractivity contribution in [2.45, 2.75) is 0 Å². The van der Waals surface area contributed by atoms with Crippen molar-refractivity contribution in [1.82, 2.24) is 29.8 Å². The van der Waals surface area contributed by atoms with Crippen molar-refractivity contribution in [2.75, 3.05) is 68.8 Å². The second-order valence-electron chi connectivity index (χ2n) is 9.00. The number of anilines is 3. The molecule has 1 amide bonds. The van der Waals surface area contributed by atoms with E-state index in [1.165, 1.54) is 0 Å². The SMILES string of the molecule is Nc1ccc(NCCNc2nc(-c3ccc(Cl)cc3Cl)cn3nc(C(=O)NCCN4CCOCC4)cc23)nc1. The molecular formula is C26H29Cl2N9O2. The molecule has 0 atom stereocenters. The second kappa shape index (κ2) is 12.5. The van der Waals surface area contributed by atoms with Gasteiger partial charge in [0.1, 0.15) is 11.3 Å². The summed E-state index contributed by atoms with van der Waals surface area (Å²) in [5, 5.41) is 15.1. The van der Waals surface area contributed by atoms with Crippen LogP contribution in [0.2, 0.25) is 10.0 Å². The van der Waals surface area contributed by atoms with Gasteiger partial charge >= 0.3 is 0 Å². The summed E-state index contributed by atoms with van der Waals surface area (Å²) in [5.41, 5.74) is 8.54. The van der Waals surface area contributed by atoms with Crippen LogP contribution in [0, 0.1) is 0 Å². The lowest BCUT2D eigenvalue weighted by molar-refractivity contribution is 0.0383. The molecule has 1 fully saturated rings. The van der Waals surface area contributed by atoms with Crippen LogP contribution in [0.25, 0.3) is 16.8 Å². The van der Waals surface area contributed by atoms with Crippen LogP contribution >= 0.6 is 23.2 Å². The van der Waals surface area contributed by atoms with Gasteiger partial charge in [0.25, 0.3) is 5.91 Å². The van der Waals surface area contributed by atoms with Crippen LogP contribution in [0.4, 0.5) is 17.3 Å². The first-order valence-corrected chi connectivity index (χ1v) is 13.4. The molecule has 1 aliphatic rings. The molecule has 0 radical (unpaired) electrons. The summed E-state index contributed by atoms with van der Waals surface area (Å²) in [6.45, 7) is 5.54. The van der Waals surface area contributed by atoms with Gasteiger partial charge in [0.15, 0.2) is 11.5 Å². The average Bonchev–Trinajstić information content (AvgIpc) is 3.37. The van der Waals surface area contributed by atoms with Gasteiger partial charge in [-0.25, -0.2) is 14.5 Å². The van der Waals surface area contributed by atoms with Crippen LogP contribution in [-0.2, 0) is 4.74 Å². The van der Waals surface area contributed by atoms with Gasteiger partial charge in [-0.3, -0.25) is 9.69 Å². The molecule has 4 heterocycles. The van der Waals surface area contributed by atoms with Gasteiger partial charge in [0, 0.05) is 55.9 Å². The zero-order valence-electron chi connectivity index (χ0n) is 21.2. The monoisotopic (exact) mass is 569 g/mol. The lowest BCUT2D eigenvalue weighted by atomic mass is 10.1. The summed E-state index contributed by atoms with van der Waals surface area (Å²) in [4.78, 5) is 24.2. The van der Waals surface area contributed by atoms with Crippen LogP contribution in [-0.4, -0.2) is 82.9 Å². The number of amides is 1. The molecule has 4 aromatic rings. The number of carbonyl (C=O) groups is 1. The van der Waals surface area contributed by atoms with E-state index in [2.05, 4.69) is 30.9 Å². The van der Waals surface area contributed by atoms with Gasteiger partial charge in [-0.1, -0.05) is 23.2 Å². The number of ether oxygens (including phenoxy) is 1. The molecule has 3 aromatic heterocycles. The molecule has 0 spiro atoms. The minimum Gasteiger partial charge on any atom is -0.397 e. The average molecular weight is 570 g/mol. The van der Waals surface area contributed by atoms with E-state index in [1.807, 2.05) is 6.07 Å². The Morgan fingerprint density at radius 1 is 1.05 bits per heavy atom. The van der Waals surface area contributed by atoms with Crippen molar-refractivity contribution in [2.24, 2.45) is 0 Å². The molecule has 11 nitrogen and oxygen atoms in total. The van der Waals surface area contributed by atoms with Gasteiger partial charge < -0.3 is 26.4 Å². The summed E-state index contributed by atoms with van der Waals surface area (Å²) in [5.74, 6) is 1.02. The maximum Gasteiger partial charge on any atom is 0.271 e. The number of benzene rings is 1. The molecule has 13 heteroatoms. The Balaban J connectivity index is 1.34. The van der Waals surface area contributed by atoms with Crippen molar-refractivity contribution in [3.63, 3.8) is 0 Å². The molecular weight excluding hydrogens is 541 g/mol. The number of morpholine rings is 1. The normalized spacial score (nSPS) is 13.9. The predicted molar refractivity (Wildman–Crippen MR) is 154 cm³/mol. The van der Waals surface area contributed by atoms with Crippen LogP contribution in [0.3, 0.4) is 0 Å². The topological polar surface area (TPSA) is 135 Å². The van der Waals surface area contributed by atoms with Gasteiger partial charge in [0.05, 0.1) is 42.0 Å². The number of nitrogen functional groups attached to an aromatic ring is 1. The van der Waals surface area contributed by atoms with Crippen LogP contribution in [0.15, 0.2) is 48.8 Å². The van der Waals surface area contributed by atoms with Gasteiger partial charge in [-0.05, 0) is 30.3 Å². The first-order chi connectivity index (χ1) is 19.0. The van der Waals surface area contributed by atoms with E-state index in [0.29, 0.717) is 69.5 Å². The fourth-order valence-electron chi connectivity index (χ4n) is 4.18. The Hall–Kier alpha value is -3.64. The smallest absolute Gasteiger partial charge is 0.271 e. The Kier molecular flexibility index (Phi) is 8.62. The lowest BCUT2D eigenvalue weighted by Gasteiger charge is -2.26. The van der Waals surface area contributed by atoms with Gasteiger partial charge in [-0.2, -0.15) is 5.10 Å². The molecule has 5 rings (SSSR count). The third-order valence-corrected chi connectivity index (χ3v) is 6.77. The predicted octanol–water partition coefficient (Wildman–Crippen LogP) is 3.27. The van der Waals surface area contributed by atoms with E-state index < -0.39 is 0 Å². The summed E-state index contributed by atoms with van der Waals surface area (Å²) in [6.07, 6.45) is 3.34. The van der Waals surface area contributed by atoms with E-state index in [0.717, 1.165) is 32.8 Å². The summed E-state index contributed by atoms with van der Waals surface area (Å²) >= 11 is 12.6. The maximum atomic E-state index is 12.9. The number of aromatic nitrogens is 4. The highest BCUT2D eigenvalue weighted by Gasteiger charge is 2.17. The molecule has 0 unspecified atom stereocenters. The number of hydrogen-bond donors (Lipinski definition) is 4. The number of fused-ring (bicyclic) bond motifs is 1. The first-order valence-electron chi connectivity index (χ1n) is 12.6. The molecule has 0 aliphatic carbocycles. The van der Waals surface area contributed by atoms with Crippen LogP contribution in [0.1, 0.15) is 10.5 Å². The summed E-state index contributed by atoms with van der Waals surface area (Å²) < 4.78 is 7.02. The fraction of sp³-hybridized carbons (Fsp3) is 0.308. The standard InChI is InChI=1S/C26H29Cl2N9O2/c27-17-1-3-19(20(28)13-17)22-16-37-23(25(34-22)31-6-5-30-24-4-2-18(29)15-33-24)14-21(35-37)26(38)32-7-8-36-9-11-39-12-10-36/h1-4,13-16H,5-12,29H2,(H,30,33)(H,31,34)(H,32,38). The molecule has 1 aliphatic heterocycles. The number of pyridine rings is 1. The number of nitrogens with two attached hydrogens (primary N) is 1. The van der Waals surface area contributed by atoms with E-state index in [1.54, 1.807) is 47.2 Å². The summed E-state index contributed by atoms with van der Waals surface area (Å²) in [7, 11) is 0. The van der Waals surface area contributed by atoms with Crippen LogP contribution < -0.4 is 21.7 Å². The van der Waals surface area contributed by atoms with E-state index in [-0.39, 0.29) is 5.91 Å². The fourth-order valence-corrected chi connectivity index (χ4v) is 4.69. The number of halogens is 2. The Bertz CT molecular complexity index is 1440. The van der Waals surface area contributed by atoms with E-state index in [4.69, 9.17) is 38.7 Å². The molecule has 1 aromatic carbocycles. The Morgan fingerprint density at radius 2 is 1.87 bits per heavy atom. The largest absolute Gasteiger partial charge is 0.397 e. The highest BCUT2D eigenvalue weighted by molar-refractivity contribution is 6.36. The Labute approximate surface area is 235 Å². The van der Waals surface area contributed by atoms with Gasteiger partial charge in [-0.15, -0.1) is 0 Å². The van der Waals surface area contributed by atoms with Crippen molar-refractivity contribution in [3.8, 4) is 11.3 Å².